The third-order valence-corrected chi connectivity index (χ3v) is 10.8. The van der Waals surface area contributed by atoms with Crippen LogP contribution in [-0.2, 0) is 12.8 Å². The highest BCUT2D eigenvalue weighted by atomic mass is 35.5. The molecule has 0 spiro atoms. The third kappa shape index (κ3) is 7.77. The molecule has 0 fully saturated rings. The first kappa shape index (κ1) is 38.4. The summed E-state index contributed by atoms with van der Waals surface area (Å²) < 4.78 is 23.1. The standard InChI is InChI=1S/C48H40Cl2N4O4/c1-55-41-23-43(57-3)45-37(31-11-15-33(49)16-12-31)25-53-47(45)39(41)27-51-35-19-7-29(8-20-35)5-6-30-9-21-36(22-10-30)52-28-40-42(56-2)24-44(58-4)46-38(26-54-48(40)46)32-13-17-34(50)18-14-32/h7-28,53-54H,5-6H2,1-4H3. The lowest BCUT2D eigenvalue weighted by molar-refractivity contribution is 0.397. The second kappa shape index (κ2) is 16.9. The monoisotopic (exact) mass is 806 g/mol. The van der Waals surface area contributed by atoms with Crippen molar-refractivity contribution in [3.63, 3.8) is 0 Å². The van der Waals surface area contributed by atoms with Crippen molar-refractivity contribution in [1.82, 2.24) is 9.97 Å². The lowest BCUT2D eigenvalue weighted by Gasteiger charge is -2.12. The second-order valence-corrected chi connectivity index (χ2v) is 14.5. The minimum Gasteiger partial charge on any atom is -0.496 e. The van der Waals surface area contributed by atoms with E-state index in [-0.39, 0.29) is 0 Å². The molecule has 0 aliphatic carbocycles. The van der Waals surface area contributed by atoms with Gasteiger partial charge in [0.15, 0.2) is 0 Å². The Kier molecular flexibility index (Phi) is 11.2. The van der Waals surface area contributed by atoms with Crippen LogP contribution >= 0.6 is 23.2 Å². The Morgan fingerprint density at radius 1 is 0.483 bits per heavy atom. The van der Waals surface area contributed by atoms with Crippen molar-refractivity contribution in [3.8, 4) is 45.3 Å². The number of benzene rings is 6. The molecule has 0 amide bonds. The van der Waals surface area contributed by atoms with Gasteiger partial charge in [0.1, 0.15) is 23.0 Å². The maximum atomic E-state index is 6.16. The molecule has 0 saturated carbocycles. The molecule has 0 unspecified atom stereocenters. The number of aryl methyl sites for hydroxylation is 2. The molecule has 58 heavy (non-hydrogen) atoms. The maximum Gasteiger partial charge on any atom is 0.133 e. The van der Waals surface area contributed by atoms with Gasteiger partial charge in [0.25, 0.3) is 0 Å². The second-order valence-electron chi connectivity index (χ2n) is 13.7. The van der Waals surface area contributed by atoms with Crippen molar-refractivity contribution in [2.75, 3.05) is 28.4 Å². The number of H-pyrrole nitrogens is 2. The Morgan fingerprint density at radius 3 is 1.19 bits per heavy atom. The number of aromatic amines is 2. The molecule has 10 heteroatoms. The number of aliphatic imine (C=N–C) groups is 2. The number of nitrogens with one attached hydrogen (secondary N) is 2. The van der Waals surface area contributed by atoms with Gasteiger partial charge in [0.2, 0.25) is 0 Å². The number of fused-ring (bicyclic) bond motifs is 2. The Balaban J connectivity index is 0.955. The summed E-state index contributed by atoms with van der Waals surface area (Å²) in [4.78, 5) is 16.5. The van der Waals surface area contributed by atoms with Gasteiger partial charge in [-0.15, -0.1) is 0 Å². The highest BCUT2D eigenvalue weighted by Crippen LogP contribution is 2.42. The molecule has 2 heterocycles. The molecule has 8 rings (SSSR count). The molecule has 8 nitrogen and oxygen atoms in total. The van der Waals surface area contributed by atoms with Crippen LogP contribution in [0.15, 0.2) is 132 Å². The number of aromatic nitrogens is 2. The summed E-state index contributed by atoms with van der Waals surface area (Å²) in [5.74, 6) is 2.74. The summed E-state index contributed by atoms with van der Waals surface area (Å²) in [5.41, 5.74) is 11.6. The minimum atomic E-state index is 0.660. The Hall–Kier alpha value is -6.48. The highest BCUT2D eigenvalue weighted by Gasteiger charge is 2.20. The Morgan fingerprint density at radius 2 is 0.845 bits per heavy atom. The number of hydrogen-bond acceptors (Lipinski definition) is 6. The first-order valence-electron chi connectivity index (χ1n) is 18.7. The highest BCUT2D eigenvalue weighted by molar-refractivity contribution is 6.31. The van der Waals surface area contributed by atoms with Crippen LogP contribution in [0.3, 0.4) is 0 Å². The van der Waals surface area contributed by atoms with E-state index in [1.807, 2.05) is 110 Å². The van der Waals surface area contributed by atoms with Gasteiger partial charge in [0.05, 0.1) is 72.7 Å². The van der Waals surface area contributed by atoms with Gasteiger partial charge < -0.3 is 28.9 Å². The molecule has 2 N–H and O–H groups in total. The van der Waals surface area contributed by atoms with Crippen LogP contribution in [0.25, 0.3) is 44.1 Å². The number of nitrogens with zero attached hydrogens (tertiary/aromatic N) is 2. The predicted octanol–water partition coefficient (Wildman–Crippen LogP) is 12.6. The van der Waals surface area contributed by atoms with E-state index in [2.05, 4.69) is 34.2 Å². The van der Waals surface area contributed by atoms with Gasteiger partial charge in [-0.25, -0.2) is 0 Å². The third-order valence-electron chi connectivity index (χ3n) is 10.3. The van der Waals surface area contributed by atoms with Gasteiger partial charge in [0, 0.05) is 58.1 Å². The molecule has 0 aliphatic heterocycles. The summed E-state index contributed by atoms with van der Waals surface area (Å²) >= 11 is 12.3. The van der Waals surface area contributed by atoms with Gasteiger partial charge in [-0.1, -0.05) is 71.7 Å². The minimum absolute atomic E-state index is 0.660. The average molecular weight is 808 g/mol. The number of halogens is 2. The molecule has 290 valence electrons. The number of hydrogen-bond donors (Lipinski definition) is 2. The van der Waals surface area contributed by atoms with Crippen molar-refractivity contribution >= 4 is 68.8 Å². The molecule has 0 aliphatic rings. The number of ether oxygens (including phenoxy) is 4. The van der Waals surface area contributed by atoms with Crippen molar-refractivity contribution in [1.29, 1.82) is 0 Å². The smallest absolute Gasteiger partial charge is 0.133 e. The predicted molar refractivity (Wildman–Crippen MR) is 238 cm³/mol. The first-order valence-corrected chi connectivity index (χ1v) is 19.4. The Labute approximate surface area is 346 Å². The molecular weight excluding hydrogens is 767 g/mol. The summed E-state index contributed by atoms with van der Waals surface area (Å²) in [6.07, 6.45) is 9.40. The molecule has 8 aromatic rings. The van der Waals surface area contributed by atoms with Gasteiger partial charge in [-0.05, 0) is 83.6 Å². The van der Waals surface area contributed by atoms with E-state index < -0.39 is 0 Å². The fraction of sp³-hybridized carbons (Fsp3) is 0.125. The molecular formula is C48H40Cl2N4O4. The van der Waals surface area contributed by atoms with Crippen LogP contribution in [-0.4, -0.2) is 50.8 Å². The molecule has 0 bridgehead atoms. The first-order chi connectivity index (χ1) is 28.4. The van der Waals surface area contributed by atoms with E-state index in [9.17, 15) is 0 Å². The van der Waals surface area contributed by atoms with E-state index in [1.165, 1.54) is 11.1 Å². The van der Waals surface area contributed by atoms with Crippen LogP contribution in [0, 0.1) is 0 Å². The largest absolute Gasteiger partial charge is 0.496 e. The van der Waals surface area contributed by atoms with Crippen LogP contribution in [0.5, 0.6) is 23.0 Å². The van der Waals surface area contributed by atoms with E-state index in [0.717, 1.165) is 79.4 Å². The molecule has 6 aromatic carbocycles. The quantitative estimate of drug-likeness (QED) is 0.113. The van der Waals surface area contributed by atoms with Gasteiger partial charge in [-0.2, -0.15) is 0 Å². The van der Waals surface area contributed by atoms with Gasteiger partial charge >= 0.3 is 0 Å². The fourth-order valence-electron chi connectivity index (χ4n) is 7.26. The van der Waals surface area contributed by atoms with Crippen molar-refractivity contribution < 1.29 is 18.9 Å². The SMILES string of the molecule is COc1cc(OC)c2c(-c3ccc(Cl)cc3)c[nH]c2c1C=Nc1ccc(CCc2ccc(N=Cc3c(OC)cc(OC)c4c(-c5ccc(Cl)cc5)c[nH]c34)cc2)cc1. The summed E-state index contributed by atoms with van der Waals surface area (Å²) in [5, 5.41) is 3.26. The topological polar surface area (TPSA) is 93.2 Å². The lowest BCUT2D eigenvalue weighted by atomic mass is 10.0. The summed E-state index contributed by atoms with van der Waals surface area (Å²) in [6.45, 7) is 0. The summed E-state index contributed by atoms with van der Waals surface area (Å²) in [7, 11) is 6.62. The molecule has 0 saturated heterocycles. The molecule has 0 atom stereocenters. The number of methoxy groups -OCH3 is 4. The zero-order valence-corrected chi connectivity index (χ0v) is 33.9. The van der Waals surface area contributed by atoms with Crippen LogP contribution in [0.4, 0.5) is 11.4 Å². The van der Waals surface area contributed by atoms with E-state index in [0.29, 0.717) is 33.0 Å². The Bertz CT molecular complexity index is 2580. The average Bonchev–Trinajstić information content (AvgIpc) is 3.91. The summed E-state index contributed by atoms with van der Waals surface area (Å²) in [6, 6.07) is 36.0. The van der Waals surface area contributed by atoms with Crippen molar-refractivity contribution in [2.24, 2.45) is 9.98 Å². The number of rotatable bonds is 13. The fourth-order valence-corrected chi connectivity index (χ4v) is 7.51. The van der Waals surface area contributed by atoms with E-state index in [4.69, 9.17) is 52.1 Å². The van der Waals surface area contributed by atoms with Crippen molar-refractivity contribution in [3.05, 3.63) is 154 Å². The maximum absolute atomic E-state index is 6.16. The lowest BCUT2D eigenvalue weighted by Crippen LogP contribution is -1.95. The van der Waals surface area contributed by atoms with Gasteiger partial charge in [-0.3, -0.25) is 9.98 Å². The zero-order chi connectivity index (χ0) is 40.2. The van der Waals surface area contributed by atoms with Crippen molar-refractivity contribution in [2.45, 2.75) is 12.8 Å². The molecule has 2 aromatic heterocycles. The van der Waals surface area contributed by atoms with E-state index in [1.54, 1.807) is 28.4 Å². The van der Waals surface area contributed by atoms with E-state index >= 15 is 0 Å². The van der Waals surface area contributed by atoms with Crippen LogP contribution in [0.1, 0.15) is 22.3 Å². The zero-order valence-electron chi connectivity index (χ0n) is 32.4. The van der Waals surface area contributed by atoms with Crippen LogP contribution in [0.2, 0.25) is 10.0 Å². The van der Waals surface area contributed by atoms with Crippen LogP contribution < -0.4 is 18.9 Å². The molecule has 0 radical (unpaired) electrons. The normalized spacial score (nSPS) is 11.6.